The van der Waals surface area contributed by atoms with Crippen LogP contribution in [0.5, 0.6) is 0 Å². The number of likely N-dealkylation sites (N-methyl/N-ethyl adjacent to an activating group) is 1. The molecule has 0 saturated carbocycles. The number of carbonyl (C=O) groups is 5. The van der Waals surface area contributed by atoms with Crippen LogP contribution in [0.1, 0.15) is 77.3 Å². The topological polar surface area (TPSA) is 155 Å². The van der Waals surface area contributed by atoms with Gasteiger partial charge in [-0.1, -0.05) is 64.6 Å². The van der Waals surface area contributed by atoms with E-state index in [1.165, 1.54) is 20.9 Å². The number of aryl methyl sites for hydroxylation is 1. The number of cyclic esters (lactones) is 1. The Kier molecular flexibility index (Phi) is 13.8. The lowest BCUT2D eigenvalue weighted by Crippen LogP contribution is -2.63. The van der Waals surface area contributed by atoms with Gasteiger partial charge in [-0.2, -0.15) is 0 Å². The zero-order chi connectivity index (χ0) is 46.0. The van der Waals surface area contributed by atoms with Crippen molar-refractivity contribution in [3.63, 3.8) is 0 Å². The molecule has 4 aromatic rings. The summed E-state index contributed by atoms with van der Waals surface area (Å²) >= 11 is 0. The van der Waals surface area contributed by atoms with Gasteiger partial charge in [0.1, 0.15) is 18.1 Å². The Morgan fingerprint density at radius 2 is 1.83 bits per heavy atom. The van der Waals surface area contributed by atoms with Gasteiger partial charge in [0.05, 0.1) is 30.0 Å². The van der Waals surface area contributed by atoms with Gasteiger partial charge in [0, 0.05) is 74.8 Å². The molecule has 64 heavy (non-hydrogen) atoms. The smallest absolute Gasteiger partial charge is 0.324 e. The van der Waals surface area contributed by atoms with Gasteiger partial charge in [-0.3, -0.25) is 34.0 Å². The zero-order valence-corrected chi connectivity index (χ0v) is 38.5. The maximum atomic E-state index is 14.6. The molecule has 0 spiro atoms. The standard InChI is InChI=1S/C50H63N7O7/c1-10-42(58)55-27-35(28-55)47(60)54(8)44(30(3)4)46(59)52-40-24-32-15-12-16-33(23-32)34-19-20-41-37(25-34)38(45(56(41)11-2)36-17-13-21-51-43(36)31(5)63-9)26-50(6,7)29-64-49(62)39-18-14-22-57(53-39)48(40)61/h10,12-13,15-17,19-21,23,25,30-31,35,39-40,44,53H,1,11,14,18,22,24,26-29H2,2-9H3,(H,52,59)/t31-,39-,40-,44-/m0/s1. The Bertz CT molecular complexity index is 2440. The molecule has 14 nitrogen and oxygen atoms in total. The van der Waals surface area contributed by atoms with Gasteiger partial charge in [-0.15, -0.1) is 0 Å². The number of fused-ring (bicyclic) bond motifs is 6. The maximum absolute atomic E-state index is 14.6. The van der Waals surface area contributed by atoms with Crippen molar-refractivity contribution in [3.05, 3.63) is 90.3 Å². The monoisotopic (exact) mass is 873 g/mol. The molecular formula is C50H63N7O7. The number of nitrogens with zero attached hydrogens (tertiary/aromatic N) is 5. The highest BCUT2D eigenvalue weighted by Gasteiger charge is 2.42. The number of pyridine rings is 1. The molecule has 2 aromatic carbocycles. The van der Waals surface area contributed by atoms with E-state index >= 15 is 0 Å². The van der Waals surface area contributed by atoms with E-state index in [2.05, 4.69) is 79.1 Å². The Morgan fingerprint density at radius 3 is 2.53 bits per heavy atom. The molecule has 5 heterocycles. The first-order valence-electron chi connectivity index (χ1n) is 22.5. The SMILES string of the molecule is C=CC(=O)N1CC(C(=O)N(C)[C@H](C(=O)N[C@H]2Cc3cccc(c3)-c3ccc4c(c3)c(c(-c3cccnc3[C@H](C)OC)n4CC)CC(C)(C)COC(=O)[C@@H]3CCCN(N3)C2=O)C(C)C)C1. The number of likely N-dealkylation sites (tertiary alicyclic amines) is 1. The van der Waals surface area contributed by atoms with E-state index in [1.54, 1.807) is 20.4 Å². The number of esters is 1. The molecule has 2 fully saturated rings. The number of ether oxygens (including phenoxy) is 2. The second-order valence-corrected chi connectivity index (χ2v) is 18.6. The molecule has 7 rings (SSSR count). The summed E-state index contributed by atoms with van der Waals surface area (Å²) in [5, 5.41) is 5.55. The van der Waals surface area contributed by atoms with Crippen molar-refractivity contribution in [2.45, 2.75) is 98.0 Å². The number of benzene rings is 2. The fourth-order valence-corrected chi connectivity index (χ4v) is 9.54. The molecule has 14 heteroatoms. The number of hydrogen-bond donors (Lipinski definition) is 2. The highest BCUT2D eigenvalue weighted by atomic mass is 16.5. The minimum Gasteiger partial charge on any atom is -0.464 e. The van der Waals surface area contributed by atoms with Crippen LogP contribution in [0.25, 0.3) is 33.3 Å². The number of rotatable bonds is 10. The summed E-state index contributed by atoms with van der Waals surface area (Å²) in [6, 6.07) is 15.8. The third-order valence-electron chi connectivity index (χ3n) is 13.0. The molecule has 6 bridgehead atoms. The van der Waals surface area contributed by atoms with Crippen molar-refractivity contribution in [1.82, 2.24) is 35.1 Å². The Hall–Kier alpha value is -5.86. The number of carbonyl (C=O) groups excluding carboxylic acids is 5. The van der Waals surface area contributed by atoms with Gasteiger partial charge in [-0.25, -0.2) is 5.43 Å². The highest BCUT2D eigenvalue weighted by Crippen LogP contribution is 2.42. The first kappa shape index (κ1) is 46.1. The quantitative estimate of drug-likeness (QED) is 0.147. The summed E-state index contributed by atoms with van der Waals surface area (Å²) < 4.78 is 14.3. The molecule has 0 radical (unpaired) electrons. The van der Waals surface area contributed by atoms with Gasteiger partial charge in [0.25, 0.3) is 5.91 Å². The van der Waals surface area contributed by atoms with E-state index in [1.807, 2.05) is 39.0 Å². The third kappa shape index (κ3) is 9.35. The Morgan fingerprint density at radius 1 is 1.08 bits per heavy atom. The van der Waals surface area contributed by atoms with Crippen molar-refractivity contribution in [2.75, 3.05) is 40.4 Å². The van der Waals surface area contributed by atoms with Crippen molar-refractivity contribution in [3.8, 4) is 22.4 Å². The molecule has 4 amide bonds. The maximum Gasteiger partial charge on any atom is 0.324 e. The number of methoxy groups -OCH3 is 1. The first-order chi connectivity index (χ1) is 30.5. The molecular weight excluding hydrogens is 811 g/mol. The lowest BCUT2D eigenvalue weighted by molar-refractivity contribution is -0.155. The van der Waals surface area contributed by atoms with Crippen LogP contribution in [-0.2, 0) is 52.8 Å². The number of amides is 4. The molecule has 340 valence electrons. The molecule has 3 aliphatic heterocycles. The van der Waals surface area contributed by atoms with Gasteiger partial charge in [0.15, 0.2) is 0 Å². The third-order valence-corrected chi connectivity index (χ3v) is 13.0. The molecule has 2 aromatic heterocycles. The summed E-state index contributed by atoms with van der Waals surface area (Å²) in [5.41, 5.74) is 10.5. The van der Waals surface area contributed by atoms with Crippen LogP contribution in [-0.4, -0.2) is 112 Å². The predicted molar refractivity (Wildman–Crippen MR) is 245 cm³/mol. The zero-order valence-electron chi connectivity index (χ0n) is 38.5. The summed E-state index contributed by atoms with van der Waals surface area (Å²) in [4.78, 5) is 76.5. The summed E-state index contributed by atoms with van der Waals surface area (Å²) in [5.74, 6) is -2.56. The molecule has 0 aliphatic carbocycles. The Labute approximate surface area is 376 Å². The molecule has 0 unspecified atom stereocenters. The van der Waals surface area contributed by atoms with Crippen LogP contribution in [0, 0.1) is 17.3 Å². The summed E-state index contributed by atoms with van der Waals surface area (Å²) in [6.07, 6.45) is 4.52. The van der Waals surface area contributed by atoms with E-state index in [0.717, 1.165) is 50.1 Å². The highest BCUT2D eigenvalue weighted by molar-refractivity contribution is 5.96. The van der Waals surface area contributed by atoms with E-state index in [9.17, 15) is 24.0 Å². The lowest BCUT2D eigenvalue weighted by Gasteiger charge is -2.41. The second kappa shape index (κ2) is 19.1. The van der Waals surface area contributed by atoms with Crippen LogP contribution in [0.15, 0.2) is 73.4 Å². The molecule has 2 saturated heterocycles. The van der Waals surface area contributed by atoms with E-state index in [4.69, 9.17) is 14.5 Å². The molecule has 2 N–H and O–H groups in total. The van der Waals surface area contributed by atoms with Crippen molar-refractivity contribution < 1.29 is 33.4 Å². The van der Waals surface area contributed by atoms with Crippen LogP contribution in [0.3, 0.4) is 0 Å². The fraction of sp³-hybridized carbons (Fsp3) is 0.480. The number of aromatic nitrogens is 2. The van der Waals surface area contributed by atoms with Gasteiger partial charge >= 0.3 is 5.97 Å². The van der Waals surface area contributed by atoms with E-state index < -0.39 is 47.2 Å². The number of hydrazine groups is 1. The minimum atomic E-state index is -1.05. The Balaban J connectivity index is 1.29. The molecule has 3 aliphatic rings. The van der Waals surface area contributed by atoms with Gasteiger partial charge < -0.3 is 29.2 Å². The summed E-state index contributed by atoms with van der Waals surface area (Å²) in [6.45, 7) is 17.3. The van der Waals surface area contributed by atoms with E-state index in [-0.39, 0.29) is 50.0 Å². The van der Waals surface area contributed by atoms with Crippen LogP contribution >= 0.6 is 0 Å². The predicted octanol–water partition coefficient (Wildman–Crippen LogP) is 5.87. The number of hydrogen-bond acceptors (Lipinski definition) is 9. The minimum absolute atomic E-state index is 0.136. The number of nitrogens with one attached hydrogen (secondary N) is 2. The lowest BCUT2D eigenvalue weighted by atomic mass is 9.84. The normalized spacial score (nSPS) is 20.2. The molecule has 4 atom stereocenters. The van der Waals surface area contributed by atoms with Crippen molar-refractivity contribution >= 4 is 40.5 Å². The second-order valence-electron chi connectivity index (χ2n) is 18.6. The van der Waals surface area contributed by atoms with Crippen LogP contribution < -0.4 is 10.7 Å². The van der Waals surface area contributed by atoms with Crippen molar-refractivity contribution in [2.24, 2.45) is 17.3 Å². The van der Waals surface area contributed by atoms with Gasteiger partial charge in [-0.05, 0) is 91.6 Å². The average Bonchev–Trinajstić information content (AvgIpc) is 3.57. The summed E-state index contributed by atoms with van der Waals surface area (Å²) in [7, 11) is 3.28. The first-order valence-corrected chi connectivity index (χ1v) is 22.5. The van der Waals surface area contributed by atoms with Crippen LogP contribution in [0.2, 0.25) is 0 Å². The van der Waals surface area contributed by atoms with Gasteiger partial charge in [0.2, 0.25) is 17.7 Å². The van der Waals surface area contributed by atoms with Crippen molar-refractivity contribution in [1.29, 1.82) is 0 Å². The fourth-order valence-electron chi connectivity index (χ4n) is 9.54. The largest absolute Gasteiger partial charge is 0.464 e. The average molecular weight is 874 g/mol. The van der Waals surface area contributed by atoms with E-state index in [0.29, 0.717) is 32.4 Å². The van der Waals surface area contributed by atoms with Crippen LogP contribution in [0.4, 0.5) is 0 Å².